The Labute approximate surface area is 276 Å². The highest BCUT2D eigenvalue weighted by atomic mass is 35.5. The number of halogens is 1. The van der Waals surface area contributed by atoms with E-state index >= 15 is 0 Å². The zero-order chi connectivity index (χ0) is 35.1. The highest BCUT2D eigenvalue weighted by Gasteiger charge is 2.24. The van der Waals surface area contributed by atoms with Crippen LogP contribution < -0.4 is 21.7 Å². The molecule has 0 aliphatic rings. The molecule has 0 saturated heterocycles. The normalized spacial score (nSPS) is 11.6. The Balaban J connectivity index is 0. The predicted molar refractivity (Wildman–Crippen MR) is 178 cm³/mol. The van der Waals surface area contributed by atoms with Gasteiger partial charge in [0.1, 0.15) is 12.1 Å². The van der Waals surface area contributed by atoms with Gasteiger partial charge in [-0.05, 0) is 47.9 Å². The summed E-state index contributed by atoms with van der Waals surface area (Å²) >= 11 is 0. The number of esters is 2. The third-order valence-corrected chi connectivity index (χ3v) is 5.84. The fourth-order valence-electron chi connectivity index (χ4n) is 3.53. The van der Waals surface area contributed by atoms with Crippen LogP contribution in [-0.2, 0) is 49.1 Å². The molecule has 3 amide bonds. The summed E-state index contributed by atoms with van der Waals surface area (Å²) < 4.78 is 8.74. The van der Waals surface area contributed by atoms with E-state index in [0.29, 0.717) is 11.4 Å². The number of ether oxygens (including phenoxy) is 2. The Hall–Kier alpha value is -4.49. The number of hydrogen-bond donors (Lipinski definition) is 5. The molecule has 0 aromatic heterocycles. The molecule has 2 aromatic rings. The van der Waals surface area contributed by atoms with E-state index in [9.17, 15) is 28.8 Å². The number of amides is 3. The summed E-state index contributed by atoms with van der Waals surface area (Å²) in [5.74, 6) is -5.20. The zero-order valence-corrected chi connectivity index (χ0v) is 28.8. The molecule has 46 heavy (non-hydrogen) atoms. The van der Waals surface area contributed by atoms with E-state index in [0.717, 1.165) is 11.1 Å². The van der Waals surface area contributed by atoms with Gasteiger partial charge >= 0.3 is 35.6 Å². The van der Waals surface area contributed by atoms with E-state index in [1.807, 2.05) is 65.8 Å². The first kappa shape index (κ1) is 43.6. The van der Waals surface area contributed by atoms with Crippen molar-refractivity contribution in [3.05, 3.63) is 59.7 Å². The summed E-state index contributed by atoms with van der Waals surface area (Å²) in [5.41, 5.74) is 7.68. The van der Waals surface area contributed by atoms with E-state index in [-0.39, 0.29) is 29.2 Å². The van der Waals surface area contributed by atoms with Gasteiger partial charge in [-0.2, -0.15) is 0 Å². The van der Waals surface area contributed by atoms with Crippen molar-refractivity contribution in [3.63, 3.8) is 0 Å². The van der Waals surface area contributed by atoms with Crippen LogP contribution in [0.5, 0.6) is 0 Å². The second-order valence-corrected chi connectivity index (χ2v) is 11.8. The molecule has 0 heterocycles. The number of carboxylic acids is 1. The molecular formula is C32H47ClN4O9. The first-order chi connectivity index (χ1) is 20.7. The minimum Gasteiger partial charge on any atom is -0.474 e. The number of methoxy groups -OCH3 is 2. The van der Waals surface area contributed by atoms with E-state index in [4.69, 9.17) is 10.8 Å². The molecule has 14 heteroatoms. The van der Waals surface area contributed by atoms with Crippen LogP contribution in [0.25, 0.3) is 0 Å². The maximum Gasteiger partial charge on any atom is 0.394 e. The largest absolute Gasteiger partial charge is 0.474 e. The first-order valence-corrected chi connectivity index (χ1v) is 13.9. The smallest absolute Gasteiger partial charge is 0.394 e. The summed E-state index contributed by atoms with van der Waals surface area (Å²) in [6.45, 7) is 15.0. The number of hydrogen-bond acceptors (Lipinski definition) is 9. The van der Waals surface area contributed by atoms with Crippen molar-refractivity contribution in [3.8, 4) is 0 Å². The van der Waals surface area contributed by atoms with Gasteiger partial charge < -0.3 is 36.3 Å². The van der Waals surface area contributed by atoms with E-state index in [1.165, 1.54) is 21.1 Å². The number of benzene rings is 2. The van der Waals surface area contributed by atoms with Gasteiger partial charge in [0.05, 0.1) is 14.2 Å². The van der Waals surface area contributed by atoms with Crippen LogP contribution in [0.4, 0.5) is 11.4 Å². The third kappa shape index (κ3) is 15.5. The van der Waals surface area contributed by atoms with Gasteiger partial charge in [0, 0.05) is 11.4 Å². The molecule has 2 aromatic carbocycles. The SMILES string of the molecule is CC(C)(C)c1ccccc1NC(=O)C(=O)O.COC(=O)[C@H](C)N.COC(=O)[C@H](C)NC(=O)C(=O)Nc1ccccc1C(C)(C)C.Cl. The number of carbonyl (C=O) groups is 6. The molecule has 0 saturated carbocycles. The molecule has 13 nitrogen and oxygen atoms in total. The fraction of sp³-hybridized carbons (Fsp3) is 0.438. The summed E-state index contributed by atoms with van der Waals surface area (Å²) in [6, 6.07) is 13.1. The van der Waals surface area contributed by atoms with E-state index < -0.39 is 41.7 Å². The van der Waals surface area contributed by atoms with Gasteiger partial charge in [-0.1, -0.05) is 77.9 Å². The molecule has 2 atom stereocenters. The maximum absolute atomic E-state index is 12.0. The minimum atomic E-state index is -1.48. The van der Waals surface area contributed by atoms with Crippen molar-refractivity contribution in [2.24, 2.45) is 5.73 Å². The van der Waals surface area contributed by atoms with E-state index in [1.54, 1.807) is 31.2 Å². The lowest BCUT2D eigenvalue weighted by Gasteiger charge is -2.23. The number of para-hydroxylation sites is 2. The number of nitrogens with two attached hydrogens (primary N) is 1. The van der Waals surface area contributed by atoms with E-state index in [2.05, 4.69) is 25.4 Å². The topological polar surface area (TPSA) is 203 Å². The first-order valence-electron chi connectivity index (χ1n) is 13.9. The number of carbonyl (C=O) groups excluding carboxylic acids is 5. The van der Waals surface area contributed by atoms with Gasteiger partial charge in [0.15, 0.2) is 0 Å². The Morgan fingerprint density at radius 2 is 1.04 bits per heavy atom. The van der Waals surface area contributed by atoms with Crippen LogP contribution in [0.15, 0.2) is 48.5 Å². The van der Waals surface area contributed by atoms with Crippen molar-refractivity contribution in [2.45, 2.75) is 78.3 Å². The minimum absolute atomic E-state index is 0. The van der Waals surface area contributed by atoms with Crippen molar-refractivity contribution >= 4 is 59.4 Å². The lowest BCUT2D eigenvalue weighted by molar-refractivity contribution is -0.147. The molecule has 2 rings (SSSR count). The molecule has 6 N–H and O–H groups in total. The van der Waals surface area contributed by atoms with Gasteiger partial charge in [-0.25, -0.2) is 9.59 Å². The van der Waals surface area contributed by atoms with Crippen LogP contribution in [0.1, 0.15) is 66.5 Å². The molecule has 0 unspecified atom stereocenters. The summed E-state index contributed by atoms with van der Waals surface area (Å²) in [5, 5.41) is 15.8. The summed E-state index contributed by atoms with van der Waals surface area (Å²) in [4.78, 5) is 66.7. The van der Waals surface area contributed by atoms with Crippen LogP contribution in [0, 0.1) is 0 Å². The van der Waals surface area contributed by atoms with Gasteiger partial charge in [0.2, 0.25) is 0 Å². The quantitative estimate of drug-likeness (QED) is 0.232. The Morgan fingerprint density at radius 1 is 0.674 bits per heavy atom. The number of rotatable bonds is 5. The molecule has 0 aliphatic heterocycles. The molecule has 0 aliphatic carbocycles. The highest BCUT2D eigenvalue weighted by Crippen LogP contribution is 2.30. The molecule has 256 valence electrons. The monoisotopic (exact) mass is 666 g/mol. The Morgan fingerprint density at radius 3 is 1.35 bits per heavy atom. The molecule has 0 spiro atoms. The van der Waals surface area contributed by atoms with Crippen LogP contribution in [0.2, 0.25) is 0 Å². The van der Waals surface area contributed by atoms with Crippen LogP contribution >= 0.6 is 12.4 Å². The Kier molecular flexibility index (Phi) is 18.8. The van der Waals surface area contributed by atoms with Crippen molar-refractivity contribution in [1.29, 1.82) is 0 Å². The average Bonchev–Trinajstić information content (AvgIpc) is 2.96. The third-order valence-electron chi connectivity index (χ3n) is 5.84. The lowest BCUT2D eigenvalue weighted by Crippen LogP contribution is -2.44. The predicted octanol–water partition coefficient (Wildman–Crippen LogP) is 3.54. The van der Waals surface area contributed by atoms with Gasteiger partial charge in [-0.15, -0.1) is 12.4 Å². The molecular weight excluding hydrogens is 620 g/mol. The highest BCUT2D eigenvalue weighted by molar-refractivity contribution is 6.40. The van der Waals surface area contributed by atoms with Crippen molar-refractivity contribution in [1.82, 2.24) is 5.32 Å². The second-order valence-electron chi connectivity index (χ2n) is 11.8. The zero-order valence-electron chi connectivity index (χ0n) is 28.0. The Bertz CT molecular complexity index is 1350. The maximum atomic E-state index is 12.0. The van der Waals surface area contributed by atoms with Gasteiger partial charge in [-0.3, -0.25) is 19.2 Å². The number of aliphatic carboxylic acids is 1. The van der Waals surface area contributed by atoms with Crippen molar-refractivity contribution in [2.75, 3.05) is 24.9 Å². The fourth-order valence-corrected chi connectivity index (χ4v) is 3.53. The average molecular weight is 667 g/mol. The molecule has 0 fully saturated rings. The number of nitrogens with one attached hydrogen (secondary N) is 3. The number of carboxylic acid groups (broad SMARTS) is 1. The lowest BCUT2D eigenvalue weighted by atomic mass is 9.86. The standard InChI is InChI=1S/C16H22N2O4.C12H15NO3.C4H9NO2.ClH/c1-10(15(21)22-5)17-13(19)14(20)18-12-9-7-6-8-11(12)16(2,3)4;1-12(2,3)8-6-4-5-7-9(8)13-10(14)11(15)16;1-3(5)4(6)7-2;/h6-10H,1-5H3,(H,17,19)(H,18,20);4-7H,1-3H3,(H,13,14)(H,15,16);3H,5H2,1-2H3;1H/t10-;;3-;/m0.0./s1. The molecule has 0 radical (unpaired) electrons. The number of anilines is 2. The summed E-state index contributed by atoms with van der Waals surface area (Å²) in [7, 11) is 2.52. The molecule has 0 bridgehead atoms. The van der Waals surface area contributed by atoms with Crippen molar-refractivity contribution < 1.29 is 43.3 Å². The van der Waals surface area contributed by atoms with Crippen LogP contribution in [0.3, 0.4) is 0 Å². The van der Waals surface area contributed by atoms with Crippen LogP contribution in [-0.4, -0.2) is 67.0 Å². The second kappa shape index (κ2) is 19.8. The van der Waals surface area contributed by atoms with Gasteiger partial charge in [0.25, 0.3) is 0 Å². The summed E-state index contributed by atoms with van der Waals surface area (Å²) in [6.07, 6.45) is 0.